The lowest BCUT2D eigenvalue weighted by Crippen LogP contribution is -2.48. The first-order chi connectivity index (χ1) is 8.49. The van der Waals surface area contributed by atoms with E-state index in [2.05, 4.69) is 38.8 Å². The van der Waals surface area contributed by atoms with Crippen molar-refractivity contribution in [2.45, 2.75) is 4.99 Å². The number of dihydropyridines is 1. The second-order valence-electron chi connectivity index (χ2n) is 3.27. The van der Waals surface area contributed by atoms with Crippen molar-refractivity contribution in [3.63, 3.8) is 0 Å². The van der Waals surface area contributed by atoms with Gasteiger partial charge in [0.15, 0.2) is 12.9 Å². The summed E-state index contributed by atoms with van der Waals surface area (Å²) in [6, 6.07) is 0. The predicted octanol–water partition coefficient (Wildman–Crippen LogP) is 1.87. The molecule has 0 saturated heterocycles. The molecule has 2 heterocycles. The van der Waals surface area contributed by atoms with E-state index in [1.807, 2.05) is 32.4 Å². The van der Waals surface area contributed by atoms with Crippen LogP contribution in [0.5, 0.6) is 0 Å². The van der Waals surface area contributed by atoms with E-state index in [0.29, 0.717) is 7.91 Å². The Kier molecular flexibility index (Phi) is 6.09. The summed E-state index contributed by atoms with van der Waals surface area (Å²) in [7, 11) is 3.73. The molecule has 0 fully saturated rings. The van der Waals surface area contributed by atoms with Crippen LogP contribution in [-0.4, -0.2) is 29.3 Å². The zero-order valence-electron chi connectivity index (χ0n) is 9.90. The number of hydrogen-bond acceptors (Lipinski definition) is 7. The molecule has 1 atom stereocenters. The van der Waals surface area contributed by atoms with Crippen LogP contribution in [0.15, 0.2) is 24.0 Å². The summed E-state index contributed by atoms with van der Waals surface area (Å²) in [5, 5.41) is 14.5. The van der Waals surface area contributed by atoms with Gasteiger partial charge in [-0.1, -0.05) is 11.3 Å². The molecule has 0 aliphatic carbocycles. The molecule has 2 rings (SSSR count). The van der Waals surface area contributed by atoms with Gasteiger partial charge < -0.3 is 10.6 Å². The van der Waals surface area contributed by atoms with Crippen molar-refractivity contribution in [1.82, 2.24) is 26.1 Å². The Bertz CT molecular complexity index is 515. The van der Waals surface area contributed by atoms with Crippen LogP contribution in [0.3, 0.4) is 0 Å². The molecule has 0 amide bonds. The second-order valence-corrected chi connectivity index (χ2v) is 6.33. The molecular weight excluding hydrogens is 306 g/mol. The average Bonchev–Trinajstić information content (AvgIpc) is 2.75. The topological polar surface area (TPSA) is 67.7 Å². The zero-order valence-corrected chi connectivity index (χ0v) is 13.2. The highest BCUT2D eigenvalue weighted by molar-refractivity contribution is 7.81. The quantitative estimate of drug-likeness (QED) is 0.285. The van der Waals surface area contributed by atoms with Crippen molar-refractivity contribution in [2.24, 2.45) is 0 Å². The van der Waals surface area contributed by atoms with Crippen LogP contribution < -0.4 is 16.0 Å². The fraction of sp³-hybridized carbons (Fsp3) is 0.333. The lowest BCUT2D eigenvalue weighted by Gasteiger charge is -2.28. The van der Waals surface area contributed by atoms with Gasteiger partial charge in [0, 0.05) is 18.9 Å². The Morgan fingerprint density at radius 1 is 1.28 bits per heavy atom. The number of aromatic nitrogens is 2. The Morgan fingerprint density at radius 3 is 2.17 bits per heavy atom. The largest absolute Gasteiger partial charge is 0.387 e. The van der Waals surface area contributed by atoms with Crippen LogP contribution in [0.2, 0.25) is 0 Å². The lowest BCUT2D eigenvalue weighted by molar-refractivity contribution is 0.551. The van der Waals surface area contributed by atoms with Crippen LogP contribution in [0.25, 0.3) is 0 Å². The van der Waals surface area contributed by atoms with Crippen molar-refractivity contribution in [1.29, 1.82) is 0 Å². The highest BCUT2D eigenvalue weighted by atomic mass is 32.2. The molecule has 0 aromatic carbocycles. The molecule has 1 unspecified atom stereocenters. The Hall–Kier alpha value is -0.610. The maximum Gasteiger partial charge on any atom is 0.175 e. The van der Waals surface area contributed by atoms with Gasteiger partial charge in [-0.25, -0.2) is 0 Å². The first-order valence-electron chi connectivity index (χ1n) is 5.03. The minimum atomic E-state index is -0.402. The molecule has 1 aliphatic rings. The van der Waals surface area contributed by atoms with Crippen molar-refractivity contribution >= 4 is 48.4 Å². The summed E-state index contributed by atoms with van der Waals surface area (Å²) in [5.74, 6) is 0. The number of thiol groups is 1. The third kappa shape index (κ3) is 4.94. The minimum Gasteiger partial charge on any atom is -0.387 e. The van der Waals surface area contributed by atoms with Crippen molar-refractivity contribution in [3.05, 3.63) is 32.0 Å². The van der Waals surface area contributed by atoms with Crippen molar-refractivity contribution < 1.29 is 0 Å². The minimum absolute atomic E-state index is 0.402. The van der Waals surface area contributed by atoms with Crippen LogP contribution in [0.1, 0.15) is 0 Å². The van der Waals surface area contributed by atoms with E-state index in [4.69, 9.17) is 24.4 Å². The van der Waals surface area contributed by atoms with E-state index in [9.17, 15) is 0 Å². The predicted molar refractivity (Wildman–Crippen MR) is 84.9 cm³/mol. The maximum absolute atomic E-state index is 4.70. The number of rotatable bonds is 2. The van der Waals surface area contributed by atoms with E-state index in [-0.39, 0.29) is 0 Å². The molecule has 1 aromatic rings. The molecule has 1 aliphatic heterocycles. The van der Waals surface area contributed by atoms with Gasteiger partial charge in [0.05, 0.1) is 0 Å². The average molecular weight is 322 g/mol. The SMILES string of the molecule is CNC1=CNC(S)(NC)C=C1.S=c1[nH][nH]c(=S)s1. The molecule has 5 N–H and O–H groups in total. The molecule has 0 spiro atoms. The van der Waals surface area contributed by atoms with Crippen LogP contribution in [0, 0.1) is 7.91 Å². The smallest absolute Gasteiger partial charge is 0.175 e. The lowest BCUT2D eigenvalue weighted by atomic mass is 10.3. The highest BCUT2D eigenvalue weighted by Gasteiger charge is 2.19. The Morgan fingerprint density at radius 2 is 1.89 bits per heavy atom. The molecule has 18 heavy (non-hydrogen) atoms. The van der Waals surface area contributed by atoms with Crippen molar-refractivity contribution in [3.8, 4) is 0 Å². The van der Waals surface area contributed by atoms with E-state index in [1.54, 1.807) is 0 Å². The van der Waals surface area contributed by atoms with Gasteiger partial charge >= 0.3 is 0 Å². The molecular formula is C9H15N5S4. The second kappa shape index (κ2) is 7.10. The van der Waals surface area contributed by atoms with Crippen LogP contribution >= 0.6 is 48.4 Å². The fourth-order valence-electron chi connectivity index (χ4n) is 1.04. The zero-order chi connectivity index (χ0) is 13.6. The maximum atomic E-state index is 4.70. The van der Waals surface area contributed by atoms with Crippen LogP contribution in [-0.2, 0) is 0 Å². The van der Waals surface area contributed by atoms with E-state index < -0.39 is 4.99 Å². The van der Waals surface area contributed by atoms with Gasteiger partial charge in [-0.15, -0.1) is 12.6 Å². The normalized spacial score (nSPS) is 21.4. The highest BCUT2D eigenvalue weighted by Crippen LogP contribution is 2.12. The molecule has 9 heteroatoms. The Balaban J connectivity index is 0.000000199. The first-order valence-corrected chi connectivity index (χ1v) is 7.11. The van der Waals surface area contributed by atoms with Gasteiger partial charge in [-0.05, 0) is 43.6 Å². The molecule has 0 bridgehead atoms. The third-order valence-corrected chi connectivity index (χ3v) is 3.85. The number of H-pyrrole nitrogens is 2. The molecule has 1 aromatic heterocycles. The number of aromatic amines is 2. The number of hydrogen-bond donors (Lipinski definition) is 6. The summed E-state index contributed by atoms with van der Waals surface area (Å²) >= 11 is 15.1. The number of likely N-dealkylation sites (N-methyl/N-ethyl adjacent to an activating group) is 2. The molecule has 5 nitrogen and oxygen atoms in total. The fourth-order valence-corrected chi connectivity index (χ4v) is 2.31. The van der Waals surface area contributed by atoms with Gasteiger partial charge in [0.25, 0.3) is 0 Å². The van der Waals surface area contributed by atoms with Gasteiger partial charge in [-0.3, -0.25) is 15.5 Å². The summed E-state index contributed by atoms with van der Waals surface area (Å²) in [5.41, 5.74) is 1.05. The standard InChI is InChI=1S/C7H13N3S.C2H2N2S3/c1-8-6-3-4-7(11,9-2)10-5-6;5-1-3-4-2(6)7-1/h3-5,8-11H,1-2H3;(H,3,5)(H,4,6). The van der Waals surface area contributed by atoms with Gasteiger partial charge in [0.2, 0.25) is 0 Å². The number of nitrogens with one attached hydrogen (secondary N) is 5. The van der Waals surface area contributed by atoms with E-state index in [1.165, 1.54) is 11.3 Å². The van der Waals surface area contributed by atoms with Gasteiger partial charge in [0.1, 0.15) is 0 Å². The van der Waals surface area contributed by atoms with E-state index >= 15 is 0 Å². The molecule has 100 valence electrons. The summed E-state index contributed by atoms with van der Waals surface area (Å²) in [4.78, 5) is -0.402. The van der Waals surface area contributed by atoms with Crippen molar-refractivity contribution in [2.75, 3.05) is 14.1 Å². The van der Waals surface area contributed by atoms with E-state index in [0.717, 1.165) is 5.70 Å². The molecule has 0 radical (unpaired) electrons. The van der Waals surface area contributed by atoms with Gasteiger partial charge in [-0.2, -0.15) is 0 Å². The monoisotopic (exact) mass is 321 g/mol. The Labute approximate surface area is 125 Å². The third-order valence-electron chi connectivity index (χ3n) is 2.07. The molecule has 0 saturated carbocycles. The summed E-state index contributed by atoms with van der Waals surface area (Å²) in [6.07, 6.45) is 5.80. The first kappa shape index (κ1) is 15.4. The summed E-state index contributed by atoms with van der Waals surface area (Å²) in [6.45, 7) is 0. The number of allylic oxidation sites excluding steroid dienone is 1. The van der Waals surface area contributed by atoms with Crippen LogP contribution in [0.4, 0.5) is 0 Å². The summed E-state index contributed by atoms with van der Waals surface area (Å²) < 4.78 is 1.40.